The molecule has 0 N–H and O–H groups in total. The van der Waals surface area contributed by atoms with Crippen LogP contribution in [0.5, 0.6) is 0 Å². The van der Waals surface area contributed by atoms with E-state index >= 15 is 0 Å². The summed E-state index contributed by atoms with van der Waals surface area (Å²) in [6.07, 6.45) is 2.14. The molecule has 1 fully saturated rings. The Kier molecular flexibility index (Phi) is 4.10. The van der Waals surface area contributed by atoms with Crippen molar-refractivity contribution in [1.29, 1.82) is 0 Å². The average Bonchev–Trinajstić information content (AvgIpc) is 2.38. The van der Waals surface area contributed by atoms with Gasteiger partial charge in [0.25, 0.3) is 0 Å². The van der Waals surface area contributed by atoms with Crippen LogP contribution < -0.4 is 0 Å². The van der Waals surface area contributed by atoms with Crippen molar-refractivity contribution in [2.45, 2.75) is 36.9 Å². The highest BCUT2D eigenvalue weighted by molar-refractivity contribution is 9.10. The van der Waals surface area contributed by atoms with Gasteiger partial charge in [0.2, 0.25) is 5.91 Å². The second-order valence-electron chi connectivity index (χ2n) is 5.45. The molecule has 1 aliphatic heterocycles. The first-order chi connectivity index (χ1) is 8.48. The maximum Gasteiger partial charge on any atom is 0.238 e. The van der Waals surface area contributed by atoms with Crippen LogP contribution in [0.3, 0.4) is 0 Å². The maximum atomic E-state index is 12.1. The van der Waals surface area contributed by atoms with Crippen molar-refractivity contribution < 1.29 is 4.79 Å². The van der Waals surface area contributed by atoms with Gasteiger partial charge in [-0.15, -0.1) is 0 Å². The standard InChI is InChI=1S/C15H20BrNO/c1-15(2,16)14(18)17-10-8-13(9-11-17)12-6-4-3-5-7-12/h3-7,13H,8-11H2,1-2H3. The Morgan fingerprint density at radius 3 is 2.28 bits per heavy atom. The van der Waals surface area contributed by atoms with Gasteiger partial charge in [-0.3, -0.25) is 4.79 Å². The van der Waals surface area contributed by atoms with Crippen molar-refractivity contribution in [3.8, 4) is 0 Å². The van der Waals surface area contributed by atoms with Gasteiger partial charge in [-0.05, 0) is 38.2 Å². The first-order valence-electron chi connectivity index (χ1n) is 6.52. The molecule has 1 amide bonds. The van der Waals surface area contributed by atoms with Gasteiger partial charge >= 0.3 is 0 Å². The Hall–Kier alpha value is -0.830. The Morgan fingerprint density at radius 2 is 1.78 bits per heavy atom. The van der Waals surface area contributed by atoms with Gasteiger partial charge in [-0.2, -0.15) is 0 Å². The predicted molar refractivity (Wildman–Crippen MR) is 78.0 cm³/mol. The van der Waals surface area contributed by atoms with Crippen molar-refractivity contribution >= 4 is 21.8 Å². The van der Waals surface area contributed by atoms with Gasteiger partial charge in [0.05, 0.1) is 4.32 Å². The predicted octanol–water partition coefficient (Wildman–Crippen LogP) is 3.57. The Bertz CT molecular complexity index is 402. The number of carbonyl (C=O) groups is 1. The summed E-state index contributed by atoms with van der Waals surface area (Å²) in [7, 11) is 0. The number of alkyl halides is 1. The van der Waals surface area contributed by atoms with E-state index in [2.05, 4.69) is 46.3 Å². The summed E-state index contributed by atoms with van der Waals surface area (Å²) in [6, 6.07) is 10.6. The lowest BCUT2D eigenvalue weighted by Crippen LogP contribution is -2.45. The fourth-order valence-corrected chi connectivity index (χ4v) is 2.77. The number of rotatable bonds is 2. The van der Waals surface area contributed by atoms with Crippen molar-refractivity contribution in [2.24, 2.45) is 0 Å². The lowest BCUT2D eigenvalue weighted by atomic mass is 9.89. The molecule has 98 valence electrons. The van der Waals surface area contributed by atoms with Crippen LogP contribution in [0.25, 0.3) is 0 Å². The number of hydrogen-bond donors (Lipinski definition) is 0. The van der Waals surface area contributed by atoms with Crippen LogP contribution >= 0.6 is 15.9 Å². The summed E-state index contributed by atoms with van der Waals surface area (Å²) in [5.41, 5.74) is 1.41. The molecule has 0 unspecified atom stereocenters. The lowest BCUT2D eigenvalue weighted by molar-refractivity contribution is -0.133. The number of amides is 1. The topological polar surface area (TPSA) is 20.3 Å². The first kappa shape index (κ1) is 13.6. The zero-order valence-electron chi connectivity index (χ0n) is 11.0. The normalized spacial score (nSPS) is 17.8. The molecule has 1 heterocycles. The molecule has 0 saturated carbocycles. The van der Waals surface area contributed by atoms with E-state index in [0.29, 0.717) is 5.92 Å². The summed E-state index contributed by atoms with van der Waals surface area (Å²) in [5.74, 6) is 0.808. The van der Waals surface area contributed by atoms with Gasteiger partial charge in [-0.1, -0.05) is 46.3 Å². The summed E-state index contributed by atoms with van der Waals surface area (Å²) in [6.45, 7) is 5.57. The smallest absolute Gasteiger partial charge is 0.238 e. The summed E-state index contributed by atoms with van der Waals surface area (Å²) in [5, 5.41) is 0. The average molecular weight is 310 g/mol. The zero-order valence-corrected chi connectivity index (χ0v) is 12.6. The van der Waals surface area contributed by atoms with Crippen LogP contribution in [-0.4, -0.2) is 28.2 Å². The third-order valence-corrected chi connectivity index (χ3v) is 3.90. The van der Waals surface area contributed by atoms with Crippen molar-refractivity contribution in [1.82, 2.24) is 4.90 Å². The summed E-state index contributed by atoms with van der Waals surface area (Å²) < 4.78 is -0.438. The minimum absolute atomic E-state index is 0.203. The maximum absolute atomic E-state index is 12.1. The van der Waals surface area contributed by atoms with Gasteiger partial charge in [-0.25, -0.2) is 0 Å². The molecule has 1 aromatic rings. The highest BCUT2D eigenvalue weighted by Gasteiger charge is 2.31. The molecule has 18 heavy (non-hydrogen) atoms. The van der Waals surface area contributed by atoms with Crippen LogP contribution in [0, 0.1) is 0 Å². The molecule has 0 bridgehead atoms. The molecule has 0 spiro atoms. The van der Waals surface area contributed by atoms with E-state index < -0.39 is 4.32 Å². The number of nitrogens with zero attached hydrogens (tertiary/aromatic N) is 1. The monoisotopic (exact) mass is 309 g/mol. The van der Waals surface area contributed by atoms with Crippen LogP contribution in [0.2, 0.25) is 0 Å². The zero-order chi connectivity index (χ0) is 13.2. The van der Waals surface area contributed by atoms with Crippen molar-refractivity contribution in [3.63, 3.8) is 0 Å². The molecule has 0 radical (unpaired) electrons. The van der Waals surface area contributed by atoms with Crippen molar-refractivity contribution in [2.75, 3.05) is 13.1 Å². The fourth-order valence-electron chi connectivity index (χ4n) is 2.52. The summed E-state index contributed by atoms with van der Waals surface area (Å²) >= 11 is 3.45. The Balaban J connectivity index is 1.95. The molecule has 3 heteroatoms. The molecule has 2 nitrogen and oxygen atoms in total. The molecule has 0 atom stereocenters. The van der Waals surface area contributed by atoms with Gasteiger partial charge in [0, 0.05) is 13.1 Å². The summed E-state index contributed by atoms with van der Waals surface area (Å²) in [4.78, 5) is 14.1. The fraction of sp³-hybridized carbons (Fsp3) is 0.533. The quantitative estimate of drug-likeness (QED) is 0.765. The van der Waals surface area contributed by atoms with E-state index in [4.69, 9.17) is 0 Å². The van der Waals surface area contributed by atoms with Crippen LogP contribution in [0.4, 0.5) is 0 Å². The van der Waals surface area contributed by atoms with E-state index in [1.165, 1.54) is 5.56 Å². The third-order valence-electron chi connectivity index (χ3n) is 3.56. The van der Waals surface area contributed by atoms with E-state index in [9.17, 15) is 4.79 Å². The highest BCUT2D eigenvalue weighted by atomic mass is 79.9. The Morgan fingerprint density at radius 1 is 1.22 bits per heavy atom. The second-order valence-corrected chi connectivity index (χ2v) is 7.43. The van der Waals surface area contributed by atoms with E-state index in [0.717, 1.165) is 25.9 Å². The van der Waals surface area contributed by atoms with Gasteiger partial charge < -0.3 is 4.90 Å². The number of benzene rings is 1. The third kappa shape index (κ3) is 3.14. The number of carbonyl (C=O) groups excluding carboxylic acids is 1. The molecule has 2 rings (SSSR count). The van der Waals surface area contributed by atoms with Crippen LogP contribution in [-0.2, 0) is 4.79 Å². The number of halogens is 1. The largest absolute Gasteiger partial charge is 0.341 e. The van der Waals surface area contributed by atoms with Gasteiger partial charge in [0.1, 0.15) is 0 Å². The molecule has 1 saturated heterocycles. The van der Waals surface area contributed by atoms with Gasteiger partial charge in [0.15, 0.2) is 0 Å². The minimum Gasteiger partial charge on any atom is -0.341 e. The Labute approximate surface area is 117 Å². The molecule has 0 aliphatic carbocycles. The first-order valence-corrected chi connectivity index (χ1v) is 7.31. The van der Waals surface area contributed by atoms with E-state index in [1.54, 1.807) is 0 Å². The van der Waals surface area contributed by atoms with E-state index in [-0.39, 0.29) is 5.91 Å². The molecular formula is C15H20BrNO. The van der Waals surface area contributed by atoms with Crippen molar-refractivity contribution in [3.05, 3.63) is 35.9 Å². The van der Waals surface area contributed by atoms with Crippen LogP contribution in [0.15, 0.2) is 30.3 Å². The number of hydrogen-bond acceptors (Lipinski definition) is 1. The number of likely N-dealkylation sites (tertiary alicyclic amines) is 1. The molecule has 1 aromatic carbocycles. The lowest BCUT2D eigenvalue weighted by Gasteiger charge is -2.35. The second kappa shape index (κ2) is 5.43. The minimum atomic E-state index is -0.438. The molecule has 0 aromatic heterocycles. The van der Waals surface area contributed by atoms with E-state index in [1.807, 2.05) is 18.7 Å². The number of piperidine rings is 1. The SMILES string of the molecule is CC(C)(Br)C(=O)N1CCC(c2ccccc2)CC1. The highest BCUT2D eigenvalue weighted by Crippen LogP contribution is 2.30. The molecular weight excluding hydrogens is 290 g/mol. The molecule has 1 aliphatic rings. The van der Waals surface area contributed by atoms with Crippen LogP contribution in [0.1, 0.15) is 38.2 Å².